The normalized spacial score (nSPS) is 40.8. The van der Waals surface area contributed by atoms with Crippen molar-refractivity contribution in [3.63, 3.8) is 0 Å². The first kappa shape index (κ1) is 13.4. The van der Waals surface area contributed by atoms with Crippen LogP contribution in [0, 0.1) is 23.2 Å². The van der Waals surface area contributed by atoms with Crippen molar-refractivity contribution in [1.82, 2.24) is 10.6 Å². The van der Waals surface area contributed by atoms with Crippen LogP contribution in [0.15, 0.2) is 0 Å². The molecule has 3 aliphatic rings. The van der Waals surface area contributed by atoms with Gasteiger partial charge in [0.15, 0.2) is 0 Å². The molecule has 2 saturated carbocycles. The van der Waals surface area contributed by atoms with Gasteiger partial charge in [-0.3, -0.25) is 4.79 Å². The van der Waals surface area contributed by atoms with E-state index in [1.165, 1.54) is 25.7 Å². The van der Waals surface area contributed by atoms with Crippen LogP contribution in [0.3, 0.4) is 0 Å². The van der Waals surface area contributed by atoms with Crippen LogP contribution in [0.2, 0.25) is 0 Å². The van der Waals surface area contributed by atoms with Gasteiger partial charge in [-0.1, -0.05) is 6.42 Å². The van der Waals surface area contributed by atoms with E-state index in [1.54, 1.807) is 7.11 Å². The highest BCUT2D eigenvalue weighted by molar-refractivity contribution is 5.83. The largest absolute Gasteiger partial charge is 0.384 e. The second-order valence-electron chi connectivity index (χ2n) is 6.79. The Kier molecular flexibility index (Phi) is 3.81. The summed E-state index contributed by atoms with van der Waals surface area (Å²) < 4.78 is 5.27. The highest BCUT2D eigenvalue weighted by atomic mass is 16.5. The summed E-state index contributed by atoms with van der Waals surface area (Å²) in [6.07, 6.45) is 6.44. The van der Waals surface area contributed by atoms with Crippen LogP contribution < -0.4 is 10.6 Å². The second-order valence-corrected chi connectivity index (χ2v) is 6.79. The average molecular weight is 266 g/mol. The molecule has 3 fully saturated rings. The molecule has 19 heavy (non-hydrogen) atoms. The minimum absolute atomic E-state index is 0.196. The van der Waals surface area contributed by atoms with Gasteiger partial charge in [-0.15, -0.1) is 0 Å². The first-order chi connectivity index (χ1) is 9.23. The molecule has 0 aromatic rings. The van der Waals surface area contributed by atoms with Crippen LogP contribution in [0.5, 0.6) is 0 Å². The van der Waals surface area contributed by atoms with Crippen LogP contribution >= 0.6 is 0 Å². The average Bonchev–Trinajstić information content (AvgIpc) is 3.12. The molecule has 1 saturated heterocycles. The van der Waals surface area contributed by atoms with Crippen molar-refractivity contribution in [1.29, 1.82) is 0 Å². The maximum Gasteiger partial charge on any atom is 0.229 e. The number of nitrogens with one attached hydrogen (secondary N) is 2. The molecule has 1 heterocycles. The molecule has 1 amide bonds. The smallest absolute Gasteiger partial charge is 0.229 e. The topological polar surface area (TPSA) is 50.4 Å². The molecule has 2 aliphatic carbocycles. The van der Waals surface area contributed by atoms with Gasteiger partial charge >= 0.3 is 0 Å². The third-order valence-corrected chi connectivity index (χ3v) is 5.56. The van der Waals surface area contributed by atoms with Gasteiger partial charge in [-0.2, -0.15) is 0 Å². The van der Waals surface area contributed by atoms with Crippen molar-refractivity contribution >= 4 is 5.91 Å². The summed E-state index contributed by atoms with van der Waals surface area (Å²) in [5, 5.41) is 6.51. The number of hydrogen-bond donors (Lipinski definition) is 2. The van der Waals surface area contributed by atoms with Gasteiger partial charge < -0.3 is 15.4 Å². The number of fused-ring (bicyclic) bond motifs is 2. The molecule has 108 valence electrons. The molecule has 1 aliphatic heterocycles. The van der Waals surface area contributed by atoms with Crippen LogP contribution in [0.1, 0.15) is 32.1 Å². The summed E-state index contributed by atoms with van der Waals surface area (Å²) in [5.41, 5.74) is -0.327. The lowest BCUT2D eigenvalue weighted by molar-refractivity contribution is -0.133. The van der Waals surface area contributed by atoms with Gasteiger partial charge in [0, 0.05) is 20.2 Å². The lowest BCUT2D eigenvalue weighted by atomic mass is 9.85. The Morgan fingerprint density at radius 1 is 1.42 bits per heavy atom. The molecule has 0 spiro atoms. The molecular formula is C15H26N2O2. The first-order valence-electron chi connectivity index (χ1n) is 7.71. The van der Waals surface area contributed by atoms with E-state index in [0.29, 0.717) is 6.61 Å². The zero-order valence-electron chi connectivity index (χ0n) is 11.9. The Morgan fingerprint density at radius 3 is 2.89 bits per heavy atom. The van der Waals surface area contributed by atoms with Crippen molar-refractivity contribution in [2.45, 2.75) is 32.1 Å². The molecule has 0 radical (unpaired) electrons. The minimum Gasteiger partial charge on any atom is -0.384 e. The predicted molar refractivity (Wildman–Crippen MR) is 73.7 cm³/mol. The molecule has 0 aromatic heterocycles. The van der Waals surface area contributed by atoms with Gasteiger partial charge in [-0.05, 0) is 50.0 Å². The Morgan fingerprint density at radius 2 is 2.32 bits per heavy atom. The van der Waals surface area contributed by atoms with E-state index in [0.717, 1.165) is 43.8 Å². The Labute approximate surface area is 115 Å². The molecule has 0 aromatic carbocycles. The molecule has 4 nitrogen and oxygen atoms in total. The molecule has 4 unspecified atom stereocenters. The van der Waals surface area contributed by atoms with Gasteiger partial charge in [0.05, 0.1) is 12.0 Å². The third kappa shape index (κ3) is 2.52. The lowest BCUT2D eigenvalue weighted by Crippen LogP contribution is -2.47. The molecule has 2 N–H and O–H groups in total. The number of methoxy groups -OCH3 is 1. The van der Waals surface area contributed by atoms with Crippen molar-refractivity contribution in [3.05, 3.63) is 0 Å². The fraction of sp³-hybridized carbons (Fsp3) is 0.933. The summed E-state index contributed by atoms with van der Waals surface area (Å²) in [6, 6.07) is 0. The molecular weight excluding hydrogens is 240 g/mol. The number of carbonyl (C=O) groups is 1. The van der Waals surface area contributed by atoms with E-state index in [1.807, 2.05) is 0 Å². The van der Waals surface area contributed by atoms with E-state index in [4.69, 9.17) is 4.74 Å². The third-order valence-electron chi connectivity index (χ3n) is 5.56. The standard InChI is InChI=1S/C15H26N2O2/c1-19-10-15(4-5-16-9-15)14(18)17-8-13-7-11-2-3-12(13)6-11/h11-13,16H,2-10H2,1H3,(H,17,18). The van der Waals surface area contributed by atoms with E-state index in [-0.39, 0.29) is 11.3 Å². The summed E-state index contributed by atoms with van der Waals surface area (Å²) in [4.78, 5) is 12.5. The Hall–Kier alpha value is -0.610. The first-order valence-corrected chi connectivity index (χ1v) is 7.71. The number of rotatable bonds is 5. The Balaban J connectivity index is 1.52. The van der Waals surface area contributed by atoms with E-state index in [2.05, 4.69) is 10.6 Å². The molecule has 2 bridgehead atoms. The van der Waals surface area contributed by atoms with E-state index in [9.17, 15) is 4.79 Å². The van der Waals surface area contributed by atoms with Crippen molar-refractivity contribution < 1.29 is 9.53 Å². The molecule has 4 heteroatoms. The quantitative estimate of drug-likeness (QED) is 0.785. The number of ether oxygens (including phenoxy) is 1. The maximum atomic E-state index is 12.5. The van der Waals surface area contributed by atoms with E-state index < -0.39 is 0 Å². The molecule has 4 atom stereocenters. The number of hydrogen-bond acceptors (Lipinski definition) is 3. The molecule has 3 rings (SSSR count). The van der Waals surface area contributed by atoms with Crippen molar-refractivity contribution in [2.75, 3.05) is 33.4 Å². The number of amides is 1. The summed E-state index contributed by atoms with van der Waals surface area (Å²) in [6.45, 7) is 3.09. The Bertz CT molecular complexity index is 339. The lowest BCUT2D eigenvalue weighted by Gasteiger charge is -2.28. The van der Waals surface area contributed by atoms with Gasteiger partial charge in [-0.25, -0.2) is 0 Å². The van der Waals surface area contributed by atoms with Crippen LogP contribution in [-0.4, -0.2) is 39.3 Å². The summed E-state index contributed by atoms with van der Waals surface area (Å²) in [7, 11) is 1.68. The highest BCUT2D eigenvalue weighted by Gasteiger charge is 2.43. The van der Waals surface area contributed by atoms with Crippen LogP contribution in [0.4, 0.5) is 0 Å². The highest BCUT2D eigenvalue weighted by Crippen LogP contribution is 2.48. The van der Waals surface area contributed by atoms with Crippen molar-refractivity contribution in [2.24, 2.45) is 23.2 Å². The summed E-state index contributed by atoms with van der Waals surface area (Å²) in [5.74, 6) is 2.76. The monoisotopic (exact) mass is 266 g/mol. The van der Waals surface area contributed by atoms with Crippen LogP contribution in [-0.2, 0) is 9.53 Å². The zero-order chi connectivity index (χ0) is 13.3. The zero-order valence-corrected chi connectivity index (χ0v) is 11.9. The SMILES string of the molecule is COCC1(C(=O)NCC2CC3CCC2C3)CCNC1. The fourth-order valence-corrected chi connectivity index (χ4v) is 4.44. The van der Waals surface area contributed by atoms with Gasteiger partial charge in [0.2, 0.25) is 5.91 Å². The van der Waals surface area contributed by atoms with Crippen LogP contribution in [0.25, 0.3) is 0 Å². The second kappa shape index (κ2) is 5.41. The van der Waals surface area contributed by atoms with Gasteiger partial charge in [0.1, 0.15) is 0 Å². The predicted octanol–water partition coefficient (Wildman–Crippen LogP) is 1.16. The van der Waals surface area contributed by atoms with Gasteiger partial charge in [0.25, 0.3) is 0 Å². The number of carbonyl (C=O) groups excluding carboxylic acids is 1. The fourth-order valence-electron chi connectivity index (χ4n) is 4.44. The van der Waals surface area contributed by atoms with E-state index >= 15 is 0 Å². The minimum atomic E-state index is -0.327. The summed E-state index contributed by atoms with van der Waals surface area (Å²) >= 11 is 0. The maximum absolute atomic E-state index is 12.5. The van der Waals surface area contributed by atoms with Crippen molar-refractivity contribution in [3.8, 4) is 0 Å².